The summed E-state index contributed by atoms with van der Waals surface area (Å²) in [6.45, 7) is 1.72. The van der Waals surface area contributed by atoms with Crippen molar-refractivity contribution in [3.8, 4) is 11.4 Å². The molecule has 4 rings (SSSR count). The summed E-state index contributed by atoms with van der Waals surface area (Å²) in [5.41, 5.74) is 8.44. The van der Waals surface area contributed by atoms with Crippen molar-refractivity contribution in [3.05, 3.63) is 74.0 Å². The Morgan fingerprint density at radius 2 is 0.930 bits per heavy atom. The number of hydrogen-bond donors (Lipinski definition) is 2. The van der Waals surface area contributed by atoms with Crippen molar-refractivity contribution in [3.63, 3.8) is 0 Å². The summed E-state index contributed by atoms with van der Waals surface area (Å²) in [5, 5.41) is 5.98. The van der Waals surface area contributed by atoms with Crippen LogP contribution in [0, 0.1) is 14.1 Å². The van der Waals surface area contributed by atoms with Crippen molar-refractivity contribution in [1.82, 2.24) is 19.6 Å². The molecule has 0 unspecified atom stereocenters. The first kappa shape index (κ1) is 35.9. The van der Waals surface area contributed by atoms with Gasteiger partial charge < -0.3 is 11.5 Å². The molecule has 2 aromatic heterocycles. The Morgan fingerprint density at radius 3 is 1.19 bits per heavy atom. The molecule has 2 heterocycles. The van der Waals surface area contributed by atoms with Gasteiger partial charge >= 0.3 is 18.5 Å². The van der Waals surface area contributed by atoms with Crippen LogP contribution in [-0.2, 0) is 18.5 Å². The average molecular weight is 926 g/mol. The minimum absolute atomic E-state index is 0.129. The second-order valence-electron chi connectivity index (χ2n) is 8.23. The Balaban J connectivity index is 0.000000238. The van der Waals surface area contributed by atoms with Crippen molar-refractivity contribution in [2.75, 3.05) is 11.5 Å². The molecule has 0 aliphatic carbocycles. The predicted molar refractivity (Wildman–Crippen MR) is 161 cm³/mol. The van der Waals surface area contributed by atoms with Crippen LogP contribution in [-0.4, -0.2) is 19.6 Å². The molecule has 0 bridgehead atoms. The lowest BCUT2D eigenvalue weighted by Gasteiger charge is -2.13. The van der Waals surface area contributed by atoms with E-state index in [0.717, 1.165) is 12.1 Å². The standard InChI is InChI=1S/C11H4Cl2F6IN3.C11H7Cl2F3IN3/c12-4-1-3(10(14,15)16)2-5(13)7(4)23-9(21)6(20)8(22-23)11(17,18)19;1-4-8(17)10(18)20(19-4)9-6(12)2-5(3-7(9)13)11(14,15)16/h1-2H,21H2;2-3H,18H2,1H3. The largest absolute Gasteiger partial charge is 0.436 e. The van der Waals surface area contributed by atoms with Gasteiger partial charge in [-0.1, -0.05) is 46.4 Å². The van der Waals surface area contributed by atoms with Gasteiger partial charge in [0.25, 0.3) is 0 Å². The maximum Gasteiger partial charge on any atom is 0.436 e. The number of halogens is 15. The zero-order valence-corrected chi connectivity index (χ0v) is 27.8. The summed E-state index contributed by atoms with van der Waals surface area (Å²) < 4.78 is 117. The molecular weight excluding hydrogens is 915 g/mol. The molecule has 0 amide bonds. The number of benzene rings is 2. The first-order valence-corrected chi connectivity index (χ1v) is 14.4. The van der Waals surface area contributed by atoms with E-state index in [2.05, 4.69) is 10.2 Å². The zero-order valence-electron chi connectivity index (χ0n) is 20.4. The van der Waals surface area contributed by atoms with Gasteiger partial charge in [0.1, 0.15) is 23.0 Å². The average Bonchev–Trinajstić information content (AvgIpc) is 3.28. The van der Waals surface area contributed by atoms with Crippen LogP contribution < -0.4 is 11.5 Å². The number of nitrogens with zero attached hydrogens (tertiary/aromatic N) is 4. The summed E-state index contributed by atoms with van der Waals surface area (Å²) in [6, 6.07) is 2.66. The molecule has 0 fully saturated rings. The maximum atomic E-state index is 12.8. The van der Waals surface area contributed by atoms with Crippen LogP contribution in [0.15, 0.2) is 24.3 Å². The summed E-state index contributed by atoms with van der Waals surface area (Å²) in [4.78, 5) is 0. The van der Waals surface area contributed by atoms with E-state index in [1.54, 1.807) is 6.92 Å². The molecule has 0 atom stereocenters. The molecule has 234 valence electrons. The molecule has 4 aromatic rings. The van der Waals surface area contributed by atoms with Crippen LogP contribution in [0.1, 0.15) is 22.5 Å². The summed E-state index contributed by atoms with van der Waals surface area (Å²) in [5.74, 6) is -0.173. The third-order valence-corrected chi connectivity index (χ3v) is 8.81. The lowest BCUT2D eigenvalue weighted by atomic mass is 10.2. The molecule has 0 aliphatic heterocycles. The molecule has 6 nitrogen and oxygen atoms in total. The number of aryl methyl sites for hydroxylation is 1. The molecule has 43 heavy (non-hydrogen) atoms. The smallest absolute Gasteiger partial charge is 0.383 e. The molecule has 0 saturated carbocycles. The van der Waals surface area contributed by atoms with E-state index >= 15 is 0 Å². The number of rotatable bonds is 2. The third kappa shape index (κ3) is 7.64. The molecule has 2 aromatic carbocycles. The van der Waals surface area contributed by atoms with Crippen LogP contribution in [0.4, 0.5) is 51.1 Å². The van der Waals surface area contributed by atoms with Crippen LogP contribution >= 0.6 is 91.6 Å². The molecule has 0 saturated heterocycles. The fourth-order valence-electron chi connectivity index (χ4n) is 3.32. The van der Waals surface area contributed by atoms with Gasteiger partial charge in [-0.2, -0.15) is 49.7 Å². The highest BCUT2D eigenvalue weighted by Gasteiger charge is 2.39. The van der Waals surface area contributed by atoms with E-state index in [-0.39, 0.29) is 27.2 Å². The number of aromatic nitrogens is 4. The van der Waals surface area contributed by atoms with Crippen molar-refractivity contribution in [2.24, 2.45) is 0 Å². The van der Waals surface area contributed by atoms with Crippen molar-refractivity contribution < 1.29 is 39.5 Å². The normalized spacial score (nSPS) is 12.4. The predicted octanol–water partition coefficient (Wildman–Crippen LogP) is 10.1. The second kappa shape index (κ2) is 12.7. The van der Waals surface area contributed by atoms with Crippen LogP contribution in [0.3, 0.4) is 0 Å². The summed E-state index contributed by atoms with van der Waals surface area (Å²) >= 11 is 26.6. The van der Waals surface area contributed by atoms with Gasteiger partial charge in [-0.25, -0.2) is 9.36 Å². The van der Waals surface area contributed by atoms with Gasteiger partial charge in [0.05, 0.1) is 44.1 Å². The first-order valence-electron chi connectivity index (χ1n) is 10.7. The third-order valence-electron chi connectivity index (χ3n) is 5.26. The van der Waals surface area contributed by atoms with E-state index in [4.69, 9.17) is 57.9 Å². The highest BCUT2D eigenvalue weighted by atomic mass is 127. The van der Waals surface area contributed by atoms with Crippen molar-refractivity contribution in [1.29, 1.82) is 0 Å². The van der Waals surface area contributed by atoms with E-state index in [1.165, 1.54) is 27.3 Å². The van der Waals surface area contributed by atoms with Gasteiger partial charge in [0.15, 0.2) is 5.69 Å². The minimum atomic E-state index is -4.79. The quantitative estimate of drug-likeness (QED) is 0.155. The number of nitrogen functional groups attached to an aromatic ring is 2. The Labute approximate surface area is 282 Å². The fourth-order valence-corrected chi connectivity index (χ4v) is 5.60. The summed E-state index contributed by atoms with van der Waals surface area (Å²) in [6.07, 6.45) is -14.0. The van der Waals surface area contributed by atoms with Crippen molar-refractivity contribution in [2.45, 2.75) is 25.5 Å². The monoisotopic (exact) mass is 924 g/mol. The molecule has 21 heteroatoms. The molecular formula is C22H11Cl4F9I2N6. The Morgan fingerprint density at radius 1 is 0.605 bits per heavy atom. The number of hydrogen-bond acceptors (Lipinski definition) is 4. The zero-order chi connectivity index (χ0) is 33.0. The van der Waals surface area contributed by atoms with E-state index < -0.39 is 54.8 Å². The van der Waals surface area contributed by atoms with Gasteiger partial charge in [-0.05, 0) is 76.4 Å². The SMILES string of the molecule is Cc1nn(-c2c(Cl)cc(C(F)(F)F)cc2Cl)c(N)c1I.Nc1c(I)c(C(F)(F)F)nn1-c1c(Cl)cc(C(F)(F)F)cc1Cl. The highest BCUT2D eigenvalue weighted by molar-refractivity contribution is 14.1. The fraction of sp³-hybridized carbons (Fsp3) is 0.182. The Bertz CT molecular complexity index is 1650. The van der Waals surface area contributed by atoms with Gasteiger partial charge in [-0.15, -0.1) is 0 Å². The Hall–Kier alpha value is -1.55. The highest BCUT2D eigenvalue weighted by Crippen LogP contribution is 2.41. The second-order valence-corrected chi connectivity index (χ2v) is 12.0. The van der Waals surface area contributed by atoms with Gasteiger partial charge in [0.2, 0.25) is 0 Å². The van der Waals surface area contributed by atoms with Crippen LogP contribution in [0.2, 0.25) is 20.1 Å². The first-order chi connectivity index (χ1) is 19.5. The molecule has 4 N–H and O–H groups in total. The van der Waals surface area contributed by atoms with Crippen LogP contribution in [0.5, 0.6) is 0 Å². The van der Waals surface area contributed by atoms with E-state index in [9.17, 15) is 39.5 Å². The van der Waals surface area contributed by atoms with Crippen LogP contribution in [0.25, 0.3) is 11.4 Å². The minimum Gasteiger partial charge on any atom is -0.383 e. The molecule has 0 radical (unpaired) electrons. The Kier molecular flexibility index (Phi) is 10.6. The lowest BCUT2D eigenvalue weighted by Crippen LogP contribution is -2.10. The number of nitrogens with two attached hydrogens (primary N) is 2. The molecule has 0 spiro atoms. The van der Waals surface area contributed by atoms with Crippen molar-refractivity contribution >= 4 is 103 Å². The van der Waals surface area contributed by atoms with E-state index in [1.807, 2.05) is 22.6 Å². The summed E-state index contributed by atoms with van der Waals surface area (Å²) in [7, 11) is 0. The van der Waals surface area contributed by atoms with Gasteiger partial charge in [-0.3, -0.25) is 0 Å². The van der Waals surface area contributed by atoms with E-state index in [0.29, 0.717) is 26.1 Å². The van der Waals surface area contributed by atoms with Gasteiger partial charge in [0, 0.05) is 0 Å². The number of anilines is 2. The topological polar surface area (TPSA) is 87.7 Å². The molecule has 0 aliphatic rings. The maximum absolute atomic E-state index is 12.8. The number of alkyl halides is 9. The lowest BCUT2D eigenvalue weighted by molar-refractivity contribution is -0.142.